The van der Waals surface area contributed by atoms with E-state index >= 15 is 0 Å². The van der Waals surface area contributed by atoms with Gasteiger partial charge in [-0.15, -0.1) is 0 Å². The summed E-state index contributed by atoms with van der Waals surface area (Å²) in [5, 5.41) is 2.32. The molecule has 7 aromatic carbocycles. The minimum atomic E-state index is -0.0530. The van der Waals surface area contributed by atoms with Crippen LogP contribution in [0.1, 0.15) is 105 Å². The van der Waals surface area contributed by atoms with Gasteiger partial charge in [0.1, 0.15) is 24.0 Å². The van der Waals surface area contributed by atoms with Crippen molar-refractivity contribution in [1.29, 1.82) is 0 Å². The summed E-state index contributed by atoms with van der Waals surface area (Å²) in [6, 6.07) is 59.8. The Morgan fingerprint density at radius 1 is 0.420 bits per heavy atom. The molecule has 5 heteroatoms. The lowest BCUT2D eigenvalue weighted by Gasteiger charge is -2.29. The molecule has 5 nitrogen and oxygen atoms in total. The van der Waals surface area contributed by atoms with Crippen molar-refractivity contribution in [2.45, 2.75) is 105 Å². The Bertz CT molecular complexity index is 3350. The predicted molar refractivity (Wildman–Crippen MR) is 293 cm³/mol. The summed E-state index contributed by atoms with van der Waals surface area (Å²) in [6.45, 7) is 28.2. The van der Waals surface area contributed by atoms with Gasteiger partial charge in [-0.25, -0.2) is 4.98 Å². The number of nitrogens with zero attached hydrogens (tertiary/aromatic N) is 4. The standard InChI is InChI=1S/C64H66N4O/c1-61(2,3)43-28-31-55-58(37-43)66(41-67(55)48-35-45(63(7,8)9)34-46(36-48)64(10,11)12)47-22-18-23-49(39-47)69-50-29-30-54-57(40-50)68(59-38-44(32-33-65-59)62(4,5)6)56-27-19-26-53(60(54)56)52-25-17-16-24-51(52)42-20-14-13-15-21-42/h13-40H,41H2,1-12H3. The second-order valence-electron chi connectivity index (χ2n) is 23.1. The smallest absolute Gasteiger partial charge is 0.137 e. The van der Waals surface area contributed by atoms with Crippen molar-refractivity contribution in [3.8, 4) is 39.6 Å². The average molecular weight is 907 g/mol. The van der Waals surface area contributed by atoms with Gasteiger partial charge in [-0.3, -0.25) is 4.57 Å². The van der Waals surface area contributed by atoms with Gasteiger partial charge in [0, 0.05) is 40.5 Å². The summed E-state index contributed by atoms with van der Waals surface area (Å²) >= 11 is 0. The molecule has 0 radical (unpaired) electrons. The Labute approximate surface area is 410 Å². The van der Waals surface area contributed by atoms with Crippen molar-refractivity contribution in [3.05, 3.63) is 192 Å². The number of fused-ring (bicyclic) bond motifs is 4. The van der Waals surface area contributed by atoms with E-state index < -0.39 is 0 Å². The molecule has 1 aliphatic heterocycles. The molecule has 0 saturated heterocycles. The lowest BCUT2D eigenvalue weighted by atomic mass is 9.80. The SMILES string of the molecule is CC(C)(C)c1cc(N2CN(c3cccc(Oc4ccc5c6c(-c7ccccc7-c7ccccc7)cccc6n(-c6cc(C(C)(C)C)ccn6)c5c4)c3)c3cc(C(C)(C)C)ccc32)cc(C(C)(C)C)c1. The molecule has 0 bridgehead atoms. The molecule has 69 heavy (non-hydrogen) atoms. The molecule has 10 rings (SSSR count). The van der Waals surface area contributed by atoms with Gasteiger partial charge in [-0.1, -0.05) is 168 Å². The van der Waals surface area contributed by atoms with Crippen LogP contribution in [0.3, 0.4) is 0 Å². The molecule has 348 valence electrons. The number of ether oxygens (including phenoxy) is 1. The first-order valence-corrected chi connectivity index (χ1v) is 24.5. The van der Waals surface area contributed by atoms with E-state index in [0.29, 0.717) is 6.67 Å². The Morgan fingerprint density at radius 3 is 1.72 bits per heavy atom. The van der Waals surface area contributed by atoms with Crippen LogP contribution < -0.4 is 14.5 Å². The van der Waals surface area contributed by atoms with Gasteiger partial charge >= 0.3 is 0 Å². The molecule has 0 aliphatic carbocycles. The Kier molecular flexibility index (Phi) is 11.1. The molecule has 0 atom stereocenters. The van der Waals surface area contributed by atoms with Crippen LogP contribution in [0.25, 0.3) is 49.9 Å². The molecular weight excluding hydrogens is 841 g/mol. The van der Waals surface area contributed by atoms with Gasteiger partial charge in [0.2, 0.25) is 0 Å². The molecular formula is C64H66N4O. The van der Waals surface area contributed by atoms with Crippen molar-refractivity contribution in [1.82, 2.24) is 9.55 Å². The number of hydrogen-bond acceptors (Lipinski definition) is 4. The van der Waals surface area contributed by atoms with Crippen LogP contribution in [0, 0.1) is 0 Å². The summed E-state index contributed by atoms with van der Waals surface area (Å²) in [6.07, 6.45) is 1.95. The van der Waals surface area contributed by atoms with Gasteiger partial charge in [-0.2, -0.15) is 0 Å². The van der Waals surface area contributed by atoms with Crippen LogP contribution in [-0.2, 0) is 21.7 Å². The molecule has 9 aromatic rings. The van der Waals surface area contributed by atoms with Crippen molar-refractivity contribution in [3.63, 3.8) is 0 Å². The quantitative estimate of drug-likeness (QED) is 0.160. The monoisotopic (exact) mass is 907 g/mol. The summed E-state index contributed by atoms with van der Waals surface area (Å²) in [7, 11) is 0. The lowest BCUT2D eigenvalue weighted by molar-refractivity contribution is 0.483. The fourth-order valence-corrected chi connectivity index (χ4v) is 9.83. The van der Waals surface area contributed by atoms with Gasteiger partial charge in [0.25, 0.3) is 0 Å². The number of hydrogen-bond donors (Lipinski definition) is 0. The van der Waals surface area contributed by atoms with Gasteiger partial charge in [0.15, 0.2) is 0 Å². The number of rotatable bonds is 7. The Morgan fingerprint density at radius 2 is 1.03 bits per heavy atom. The van der Waals surface area contributed by atoms with E-state index in [4.69, 9.17) is 9.72 Å². The van der Waals surface area contributed by atoms with Crippen molar-refractivity contribution < 1.29 is 4.74 Å². The second kappa shape index (κ2) is 16.8. The zero-order valence-electron chi connectivity index (χ0n) is 42.6. The van der Waals surface area contributed by atoms with E-state index in [0.717, 1.165) is 39.4 Å². The van der Waals surface area contributed by atoms with Crippen LogP contribution in [0.2, 0.25) is 0 Å². The molecule has 0 N–H and O–H groups in total. The maximum atomic E-state index is 6.95. The van der Waals surface area contributed by atoms with E-state index in [1.807, 2.05) is 6.20 Å². The zero-order valence-corrected chi connectivity index (χ0v) is 42.6. The van der Waals surface area contributed by atoms with Crippen LogP contribution in [0.15, 0.2) is 170 Å². The maximum Gasteiger partial charge on any atom is 0.137 e. The van der Waals surface area contributed by atoms with Gasteiger partial charge < -0.3 is 14.5 Å². The summed E-state index contributed by atoms with van der Waals surface area (Å²) in [5.41, 5.74) is 16.7. The fraction of sp³-hybridized carbons (Fsp3) is 0.266. The topological polar surface area (TPSA) is 33.5 Å². The first kappa shape index (κ1) is 45.7. The van der Waals surface area contributed by atoms with E-state index in [9.17, 15) is 0 Å². The third-order valence-corrected chi connectivity index (χ3v) is 13.9. The Hall–Kier alpha value is -7.11. The highest BCUT2D eigenvalue weighted by Crippen LogP contribution is 2.49. The molecule has 0 saturated carbocycles. The van der Waals surface area contributed by atoms with Gasteiger partial charge in [0.05, 0.1) is 22.4 Å². The largest absolute Gasteiger partial charge is 0.457 e. The number of pyridine rings is 1. The van der Waals surface area contributed by atoms with Gasteiger partial charge in [-0.05, 0) is 133 Å². The van der Waals surface area contributed by atoms with E-state index in [2.05, 4.69) is 261 Å². The van der Waals surface area contributed by atoms with Crippen molar-refractivity contribution >= 4 is 44.6 Å². The molecule has 0 spiro atoms. The Balaban J connectivity index is 1.08. The normalized spacial score (nSPS) is 13.4. The maximum absolute atomic E-state index is 6.95. The van der Waals surface area contributed by atoms with Crippen LogP contribution in [0.4, 0.5) is 22.7 Å². The first-order valence-electron chi connectivity index (χ1n) is 24.5. The summed E-state index contributed by atoms with van der Waals surface area (Å²) in [4.78, 5) is 9.98. The molecule has 2 aromatic heterocycles. The minimum Gasteiger partial charge on any atom is -0.457 e. The van der Waals surface area contributed by atoms with Crippen LogP contribution in [-0.4, -0.2) is 16.2 Å². The third kappa shape index (κ3) is 8.69. The van der Waals surface area contributed by atoms with Crippen molar-refractivity contribution in [2.75, 3.05) is 16.5 Å². The minimum absolute atomic E-state index is 0.000445. The molecule has 1 aliphatic rings. The van der Waals surface area contributed by atoms with Crippen LogP contribution >= 0.6 is 0 Å². The highest BCUT2D eigenvalue weighted by molar-refractivity contribution is 6.17. The number of anilines is 4. The molecule has 3 heterocycles. The number of aromatic nitrogens is 2. The third-order valence-electron chi connectivity index (χ3n) is 13.9. The first-order chi connectivity index (χ1) is 32.7. The highest BCUT2D eigenvalue weighted by atomic mass is 16.5. The molecule has 0 fully saturated rings. The molecule has 0 unspecified atom stereocenters. The average Bonchev–Trinajstić information content (AvgIpc) is 3.87. The number of benzene rings is 7. The summed E-state index contributed by atoms with van der Waals surface area (Å²) < 4.78 is 9.27. The van der Waals surface area contributed by atoms with E-state index in [1.54, 1.807) is 0 Å². The lowest BCUT2D eigenvalue weighted by Crippen LogP contribution is -2.25. The van der Waals surface area contributed by atoms with E-state index in [-0.39, 0.29) is 21.7 Å². The van der Waals surface area contributed by atoms with Crippen molar-refractivity contribution in [2.24, 2.45) is 0 Å². The highest BCUT2D eigenvalue weighted by Gasteiger charge is 2.32. The fourth-order valence-electron chi connectivity index (χ4n) is 9.83. The zero-order chi connectivity index (χ0) is 48.6. The van der Waals surface area contributed by atoms with Crippen LogP contribution in [0.5, 0.6) is 11.5 Å². The second-order valence-corrected chi connectivity index (χ2v) is 23.1. The molecule has 0 amide bonds. The predicted octanol–water partition coefficient (Wildman–Crippen LogP) is 17.7. The van der Waals surface area contributed by atoms with E-state index in [1.165, 1.54) is 67.0 Å². The summed E-state index contributed by atoms with van der Waals surface area (Å²) in [5.74, 6) is 2.41.